The largest absolute Gasteiger partial charge is 0.397 e. The van der Waals surface area contributed by atoms with Crippen LogP contribution in [0.2, 0.25) is 0 Å². The highest BCUT2D eigenvalue weighted by Crippen LogP contribution is 2.34. The second-order valence-corrected chi connectivity index (χ2v) is 3.97. The Balaban J connectivity index is 2.83. The van der Waals surface area contributed by atoms with E-state index < -0.39 is 0 Å². The first-order chi connectivity index (χ1) is 6.24. The van der Waals surface area contributed by atoms with E-state index in [1.165, 1.54) is 5.39 Å². The van der Waals surface area contributed by atoms with Crippen molar-refractivity contribution >= 4 is 32.8 Å². The predicted octanol–water partition coefficient (Wildman–Crippen LogP) is 2.63. The molecule has 2 nitrogen and oxygen atoms in total. The van der Waals surface area contributed by atoms with Gasteiger partial charge in [-0.1, -0.05) is 6.92 Å². The van der Waals surface area contributed by atoms with Gasteiger partial charge in [0.15, 0.2) is 0 Å². The second-order valence-electron chi connectivity index (χ2n) is 3.06. The van der Waals surface area contributed by atoms with Gasteiger partial charge in [-0.25, -0.2) is 0 Å². The van der Waals surface area contributed by atoms with E-state index >= 15 is 0 Å². The lowest BCUT2D eigenvalue weighted by Crippen LogP contribution is -1.99. The summed E-state index contributed by atoms with van der Waals surface area (Å²) in [5.74, 6) is 0. The number of benzene rings is 1. The van der Waals surface area contributed by atoms with Gasteiger partial charge in [0.1, 0.15) is 0 Å². The molecule has 0 fully saturated rings. The Morgan fingerprint density at radius 1 is 1.31 bits per heavy atom. The molecular weight excluding hydrogens is 180 g/mol. The Labute approximate surface area is 81.2 Å². The Morgan fingerprint density at radius 3 is 2.77 bits per heavy atom. The van der Waals surface area contributed by atoms with Gasteiger partial charge in [0.05, 0.1) is 16.1 Å². The normalized spacial score (nSPS) is 10.8. The fraction of sp³-hybridized carbons (Fsp3) is 0.200. The SMILES string of the molecule is CCc1cc2ccsc2c(N)c1N. The highest BCUT2D eigenvalue weighted by molar-refractivity contribution is 7.17. The highest BCUT2D eigenvalue weighted by Gasteiger charge is 2.07. The summed E-state index contributed by atoms with van der Waals surface area (Å²) in [6.45, 7) is 2.09. The molecule has 0 aliphatic rings. The Bertz CT molecular complexity index is 445. The van der Waals surface area contributed by atoms with E-state index in [1.54, 1.807) is 11.3 Å². The van der Waals surface area contributed by atoms with Crippen molar-refractivity contribution in [3.05, 3.63) is 23.1 Å². The summed E-state index contributed by atoms with van der Waals surface area (Å²) in [5, 5.41) is 3.24. The first kappa shape index (κ1) is 8.38. The molecule has 0 atom stereocenters. The van der Waals surface area contributed by atoms with Crippen LogP contribution in [0.3, 0.4) is 0 Å². The average Bonchev–Trinajstić information content (AvgIpc) is 2.59. The van der Waals surface area contributed by atoms with Gasteiger partial charge < -0.3 is 11.5 Å². The first-order valence-electron chi connectivity index (χ1n) is 4.28. The number of fused-ring (bicyclic) bond motifs is 1. The van der Waals surface area contributed by atoms with Crippen molar-refractivity contribution in [3.8, 4) is 0 Å². The van der Waals surface area contributed by atoms with Gasteiger partial charge in [0, 0.05) is 0 Å². The van der Waals surface area contributed by atoms with Crippen LogP contribution in [0.4, 0.5) is 11.4 Å². The van der Waals surface area contributed by atoms with Crippen molar-refractivity contribution in [1.82, 2.24) is 0 Å². The minimum atomic E-state index is 0.740. The number of nitrogens with two attached hydrogens (primary N) is 2. The zero-order valence-corrected chi connectivity index (χ0v) is 8.32. The molecule has 1 aromatic carbocycles. The van der Waals surface area contributed by atoms with E-state index in [9.17, 15) is 0 Å². The topological polar surface area (TPSA) is 52.0 Å². The van der Waals surface area contributed by atoms with Crippen LogP contribution in [-0.4, -0.2) is 0 Å². The number of nitrogen functional groups attached to an aromatic ring is 2. The molecule has 0 saturated heterocycles. The molecule has 0 bridgehead atoms. The van der Waals surface area contributed by atoms with Gasteiger partial charge in [-0.3, -0.25) is 0 Å². The van der Waals surface area contributed by atoms with E-state index in [-0.39, 0.29) is 0 Å². The molecule has 0 saturated carbocycles. The van der Waals surface area contributed by atoms with Crippen LogP contribution >= 0.6 is 11.3 Å². The van der Waals surface area contributed by atoms with Crippen LogP contribution in [0.5, 0.6) is 0 Å². The molecule has 13 heavy (non-hydrogen) atoms. The molecule has 4 N–H and O–H groups in total. The van der Waals surface area contributed by atoms with Gasteiger partial charge in [0.2, 0.25) is 0 Å². The average molecular weight is 192 g/mol. The van der Waals surface area contributed by atoms with Crippen LogP contribution in [0, 0.1) is 0 Å². The lowest BCUT2D eigenvalue weighted by molar-refractivity contribution is 1.15. The molecule has 2 rings (SSSR count). The smallest absolute Gasteiger partial charge is 0.0731 e. The second kappa shape index (κ2) is 2.92. The number of hydrogen-bond acceptors (Lipinski definition) is 3. The van der Waals surface area contributed by atoms with Crippen LogP contribution in [0.15, 0.2) is 17.5 Å². The van der Waals surface area contributed by atoms with Crippen molar-refractivity contribution < 1.29 is 0 Å². The fourth-order valence-electron chi connectivity index (χ4n) is 1.51. The molecule has 0 amide bonds. The summed E-state index contributed by atoms with van der Waals surface area (Å²) in [5.41, 5.74) is 14.5. The third-order valence-corrected chi connectivity index (χ3v) is 3.25. The Hall–Kier alpha value is -1.22. The van der Waals surface area contributed by atoms with Crippen molar-refractivity contribution in [2.24, 2.45) is 0 Å². The standard InChI is InChI=1S/C10H12N2S/c1-2-6-5-7-3-4-13-10(7)9(12)8(6)11/h3-5H,2,11-12H2,1H3. The van der Waals surface area contributed by atoms with Gasteiger partial charge >= 0.3 is 0 Å². The predicted molar refractivity (Wildman–Crippen MR) is 60.0 cm³/mol. The van der Waals surface area contributed by atoms with Crippen molar-refractivity contribution in [2.75, 3.05) is 11.5 Å². The molecular formula is C10H12N2S. The molecule has 1 heterocycles. The summed E-state index contributed by atoms with van der Waals surface area (Å²) < 4.78 is 1.11. The van der Waals surface area contributed by atoms with Gasteiger partial charge in [-0.15, -0.1) is 11.3 Å². The summed E-state index contributed by atoms with van der Waals surface area (Å²) in [4.78, 5) is 0. The van der Waals surface area contributed by atoms with E-state index in [2.05, 4.69) is 19.1 Å². The summed E-state index contributed by atoms with van der Waals surface area (Å²) >= 11 is 1.64. The zero-order valence-electron chi connectivity index (χ0n) is 7.50. The van der Waals surface area contributed by atoms with E-state index in [1.807, 2.05) is 5.38 Å². The lowest BCUT2D eigenvalue weighted by Gasteiger charge is -2.07. The monoisotopic (exact) mass is 192 g/mol. The minimum absolute atomic E-state index is 0.740. The van der Waals surface area contributed by atoms with Gasteiger partial charge in [-0.2, -0.15) is 0 Å². The Kier molecular flexibility index (Phi) is 1.88. The summed E-state index contributed by atoms with van der Waals surface area (Å²) in [7, 11) is 0. The van der Waals surface area contributed by atoms with Gasteiger partial charge in [0.25, 0.3) is 0 Å². The summed E-state index contributed by atoms with van der Waals surface area (Å²) in [6, 6.07) is 4.20. The maximum Gasteiger partial charge on any atom is 0.0731 e. The molecule has 0 aliphatic carbocycles. The van der Waals surface area contributed by atoms with E-state index in [0.29, 0.717) is 0 Å². The highest BCUT2D eigenvalue weighted by atomic mass is 32.1. The van der Waals surface area contributed by atoms with Crippen LogP contribution in [-0.2, 0) is 6.42 Å². The number of thiophene rings is 1. The molecule has 2 aromatic rings. The number of aryl methyl sites for hydroxylation is 1. The molecule has 3 heteroatoms. The maximum absolute atomic E-state index is 5.92. The van der Waals surface area contributed by atoms with Crippen LogP contribution in [0.1, 0.15) is 12.5 Å². The van der Waals surface area contributed by atoms with Crippen LogP contribution < -0.4 is 11.5 Å². The number of anilines is 2. The first-order valence-corrected chi connectivity index (χ1v) is 5.16. The number of hydrogen-bond donors (Lipinski definition) is 2. The van der Waals surface area contributed by atoms with Crippen molar-refractivity contribution in [2.45, 2.75) is 13.3 Å². The zero-order chi connectivity index (χ0) is 9.42. The molecule has 0 spiro atoms. The van der Waals surface area contributed by atoms with Crippen molar-refractivity contribution in [1.29, 1.82) is 0 Å². The fourth-order valence-corrected chi connectivity index (χ4v) is 2.36. The van der Waals surface area contributed by atoms with Crippen LogP contribution in [0.25, 0.3) is 10.1 Å². The van der Waals surface area contributed by atoms with Gasteiger partial charge in [-0.05, 0) is 34.9 Å². The quantitative estimate of drug-likeness (QED) is 0.682. The molecule has 0 radical (unpaired) electrons. The molecule has 0 aliphatic heterocycles. The molecule has 1 aromatic heterocycles. The lowest BCUT2D eigenvalue weighted by atomic mass is 10.1. The van der Waals surface area contributed by atoms with E-state index in [0.717, 1.165) is 28.1 Å². The third-order valence-electron chi connectivity index (χ3n) is 2.29. The Morgan fingerprint density at radius 2 is 2.08 bits per heavy atom. The molecule has 0 unspecified atom stereocenters. The van der Waals surface area contributed by atoms with Crippen molar-refractivity contribution in [3.63, 3.8) is 0 Å². The summed E-state index contributed by atoms with van der Waals surface area (Å²) in [6.07, 6.45) is 0.932. The minimum Gasteiger partial charge on any atom is -0.397 e. The van der Waals surface area contributed by atoms with E-state index in [4.69, 9.17) is 11.5 Å². The number of rotatable bonds is 1. The molecule has 68 valence electrons. The third kappa shape index (κ3) is 1.16. The maximum atomic E-state index is 5.92.